The predicted molar refractivity (Wildman–Crippen MR) is 102 cm³/mol. The van der Waals surface area contributed by atoms with E-state index in [-0.39, 0.29) is 54.4 Å². The highest BCUT2D eigenvalue weighted by molar-refractivity contribution is 7.91. The summed E-state index contributed by atoms with van der Waals surface area (Å²) in [6.45, 7) is 2.00. The first kappa shape index (κ1) is 21.2. The molecule has 156 valence electrons. The molecule has 0 spiro atoms. The van der Waals surface area contributed by atoms with E-state index < -0.39 is 26.0 Å². The molecule has 0 aromatic heterocycles. The Hall–Kier alpha value is -1.49. The average Bonchev–Trinajstić information content (AvgIpc) is 3.53. The van der Waals surface area contributed by atoms with Gasteiger partial charge in [-0.1, -0.05) is 6.92 Å². The Kier molecular flexibility index (Phi) is 6.43. The second-order valence-electron chi connectivity index (χ2n) is 6.96. The molecule has 1 heterocycles. The maximum Gasteiger partial charge on any atom is 0.243 e. The van der Waals surface area contributed by atoms with E-state index in [0.29, 0.717) is 5.75 Å². The van der Waals surface area contributed by atoms with E-state index >= 15 is 0 Å². The number of nitrogens with zero attached hydrogens (tertiary/aromatic N) is 1. The molecular formula is C18H25NO7S2. The summed E-state index contributed by atoms with van der Waals surface area (Å²) in [5.41, 5.74) is 0. The molecule has 1 aliphatic carbocycles. The molecule has 1 aliphatic heterocycles. The Labute approximate surface area is 165 Å². The van der Waals surface area contributed by atoms with Crippen LogP contribution < -0.4 is 4.74 Å². The molecule has 8 nitrogen and oxygen atoms in total. The Morgan fingerprint density at radius 2 is 1.86 bits per heavy atom. The minimum atomic E-state index is -3.75. The van der Waals surface area contributed by atoms with E-state index in [1.54, 1.807) is 6.92 Å². The minimum absolute atomic E-state index is 0.00863. The third-order valence-electron chi connectivity index (χ3n) is 4.89. The van der Waals surface area contributed by atoms with Crippen LogP contribution in [0, 0.1) is 5.92 Å². The van der Waals surface area contributed by atoms with Crippen LogP contribution in [0.25, 0.3) is 0 Å². The molecular weight excluding hydrogens is 406 g/mol. The van der Waals surface area contributed by atoms with Gasteiger partial charge in [0.2, 0.25) is 10.0 Å². The number of benzene rings is 1. The first-order valence-corrected chi connectivity index (χ1v) is 12.6. The van der Waals surface area contributed by atoms with Crippen LogP contribution in [0.4, 0.5) is 0 Å². The molecule has 0 N–H and O–H groups in total. The molecule has 2 aliphatic rings. The highest BCUT2D eigenvalue weighted by atomic mass is 32.2. The van der Waals surface area contributed by atoms with Crippen LogP contribution in [0.2, 0.25) is 0 Å². The number of carbonyl (C=O) groups is 1. The summed E-state index contributed by atoms with van der Waals surface area (Å²) >= 11 is 0. The lowest BCUT2D eigenvalue weighted by molar-refractivity contribution is -0.135. The van der Waals surface area contributed by atoms with Crippen LogP contribution in [0.15, 0.2) is 29.2 Å². The molecule has 1 aromatic rings. The number of sulfone groups is 1. The van der Waals surface area contributed by atoms with Crippen molar-refractivity contribution in [3.05, 3.63) is 24.3 Å². The Balaban J connectivity index is 1.62. The van der Waals surface area contributed by atoms with Crippen LogP contribution in [0.3, 0.4) is 0 Å². The Morgan fingerprint density at radius 1 is 1.18 bits per heavy atom. The fourth-order valence-electron chi connectivity index (χ4n) is 2.93. The fourth-order valence-corrected chi connectivity index (χ4v) is 4.99. The van der Waals surface area contributed by atoms with Crippen LogP contribution in [-0.4, -0.2) is 70.8 Å². The standard InChI is InChI=1S/C18H25NO7S2/c1-2-27(21,22)12-11-25-15-5-7-16(8-6-15)28(23,24)19-9-10-26-17(13-19)18(20)14-3-4-14/h5-8,14,17H,2-4,9-13H2,1H3. The molecule has 0 radical (unpaired) electrons. The summed E-state index contributed by atoms with van der Waals surface area (Å²) in [7, 11) is -6.87. The van der Waals surface area contributed by atoms with Crippen molar-refractivity contribution in [1.82, 2.24) is 4.31 Å². The zero-order chi connectivity index (χ0) is 20.4. The number of ketones is 1. The van der Waals surface area contributed by atoms with Gasteiger partial charge in [-0.2, -0.15) is 4.31 Å². The van der Waals surface area contributed by atoms with Gasteiger partial charge in [0.1, 0.15) is 18.5 Å². The number of Topliss-reactive ketones (excluding diaryl/α,β-unsaturated/α-hetero) is 1. The lowest BCUT2D eigenvalue weighted by atomic mass is 10.1. The molecule has 0 bridgehead atoms. The first-order valence-electron chi connectivity index (χ1n) is 9.32. The van der Waals surface area contributed by atoms with Gasteiger partial charge in [0, 0.05) is 24.8 Å². The van der Waals surface area contributed by atoms with Gasteiger partial charge in [0.15, 0.2) is 15.6 Å². The number of hydrogen-bond donors (Lipinski definition) is 0. The summed E-state index contributed by atoms with van der Waals surface area (Å²) in [5.74, 6) is 0.366. The van der Waals surface area contributed by atoms with Crippen molar-refractivity contribution < 1.29 is 31.1 Å². The fraction of sp³-hybridized carbons (Fsp3) is 0.611. The van der Waals surface area contributed by atoms with Gasteiger partial charge < -0.3 is 9.47 Å². The molecule has 3 rings (SSSR count). The Morgan fingerprint density at radius 3 is 2.46 bits per heavy atom. The van der Waals surface area contributed by atoms with Crippen molar-refractivity contribution in [2.24, 2.45) is 5.92 Å². The van der Waals surface area contributed by atoms with Gasteiger partial charge in [-0.05, 0) is 37.1 Å². The Bertz CT molecular complexity index is 906. The summed E-state index contributed by atoms with van der Waals surface area (Å²) in [4.78, 5) is 12.3. The summed E-state index contributed by atoms with van der Waals surface area (Å²) in [5, 5.41) is 0. The smallest absolute Gasteiger partial charge is 0.243 e. The molecule has 1 unspecified atom stereocenters. The largest absolute Gasteiger partial charge is 0.493 e. The van der Waals surface area contributed by atoms with E-state index in [9.17, 15) is 21.6 Å². The number of rotatable bonds is 9. The second kappa shape index (κ2) is 8.48. The molecule has 1 saturated carbocycles. The van der Waals surface area contributed by atoms with Crippen LogP contribution in [0.1, 0.15) is 19.8 Å². The maximum atomic E-state index is 12.9. The monoisotopic (exact) mass is 431 g/mol. The quantitative estimate of drug-likeness (QED) is 0.571. The molecule has 2 fully saturated rings. The second-order valence-corrected chi connectivity index (χ2v) is 11.4. The van der Waals surface area contributed by atoms with E-state index in [4.69, 9.17) is 9.47 Å². The summed E-state index contributed by atoms with van der Waals surface area (Å²) in [6.07, 6.45) is 1.01. The van der Waals surface area contributed by atoms with Gasteiger partial charge in [0.25, 0.3) is 0 Å². The van der Waals surface area contributed by atoms with E-state index in [0.717, 1.165) is 12.8 Å². The van der Waals surface area contributed by atoms with Crippen LogP contribution in [0.5, 0.6) is 5.75 Å². The highest BCUT2D eigenvalue weighted by Gasteiger charge is 2.40. The van der Waals surface area contributed by atoms with Crippen molar-refractivity contribution in [2.75, 3.05) is 37.8 Å². The first-order chi connectivity index (χ1) is 13.2. The number of hydrogen-bond acceptors (Lipinski definition) is 7. The van der Waals surface area contributed by atoms with Gasteiger partial charge in [-0.3, -0.25) is 4.79 Å². The zero-order valence-electron chi connectivity index (χ0n) is 15.7. The normalized spacial score (nSPS) is 21.4. The van der Waals surface area contributed by atoms with E-state index in [1.807, 2.05) is 0 Å². The third kappa shape index (κ3) is 5.11. The van der Waals surface area contributed by atoms with Crippen LogP contribution >= 0.6 is 0 Å². The lowest BCUT2D eigenvalue weighted by Gasteiger charge is -2.31. The zero-order valence-corrected chi connectivity index (χ0v) is 17.4. The number of sulfonamides is 1. The van der Waals surface area contributed by atoms with Gasteiger partial charge in [-0.15, -0.1) is 0 Å². The lowest BCUT2D eigenvalue weighted by Crippen LogP contribution is -2.48. The number of ether oxygens (including phenoxy) is 2. The summed E-state index contributed by atoms with van der Waals surface area (Å²) in [6, 6.07) is 5.84. The summed E-state index contributed by atoms with van der Waals surface area (Å²) < 4.78 is 60.8. The van der Waals surface area contributed by atoms with Crippen molar-refractivity contribution in [3.63, 3.8) is 0 Å². The van der Waals surface area contributed by atoms with E-state index in [1.165, 1.54) is 28.6 Å². The highest BCUT2D eigenvalue weighted by Crippen LogP contribution is 2.32. The van der Waals surface area contributed by atoms with Crippen LogP contribution in [-0.2, 0) is 29.4 Å². The van der Waals surface area contributed by atoms with Crippen molar-refractivity contribution in [1.29, 1.82) is 0 Å². The number of morpholine rings is 1. The van der Waals surface area contributed by atoms with Crippen molar-refractivity contribution in [3.8, 4) is 5.75 Å². The van der Waals surface area contributed by atoms with Gasteiger partial charge >= 0.3 is 0 Å². The van der Waals surface area contributed by atoms with E-state index in [2.05, 4.69) is 0 Å². The SMILES string of the molecule is CCS(=O)(=O)CCOc1ccc(S(=O)(=O)N2CCOC(C(=O)C3CC3)C2)cc1. The third-order valence-corrected chi connectivity index (χ3v) is 8.44. The number of carbonyl (C=O) groups excluding carboxylic acids is 1. The minimum Gasteiger partial charge on any atom is -0.493 e. The molecule has 0 amide bonds. The molecule has 1 atom stereocenters. The topological polar surface area (TPSA) is 107 Å². The molecule has 1 saturated heterocycles. The van der Waals surface area contributed by atoms with Gasteiger partial charge in [-0.25, -0.2) is 16.8 Å². The predicted octanol–water partition coefficient (Wildman–Crippen LogP) is 0.869. The molecule has 28 heavy (non-hydrogen) atoms. The van der Waals surface area contributed by atoms with Crippen molar-refractivity contribution >= 4 is 25.6 Å². The molecule has 10 heteroatoms. The van der Waals surface area contributed by atoms with Gasteiger partial charge in [0.05, 0.1) is 17.3 Å². The molecule has 1 aromatic carbocycles. The van der Waals surface area contributed by atoms with Crippen molar-refractivity contribution in [2.45, 2.75) is 30.8 Å². The maximum absolute atomic E-state index is 12.9. The average molecular weight is 432 g/mol.